The van der Waals surface area contributed by atoms with E-state index in [0.717, 1.165) is 5.56 Å². The van der Waals surface area contributed by atoms with Crippen molar-refractivity contribution < 1.29 is 42.9 Å². The first-order chi connectivity index (χ1) is 24.6. The average molecular weight is 732 g/mol. The lowest BCUT2D eigenvalue weighted by Crippen LogP contribution is -2.54. The number of hydrogen-bond donors (Lipinski definition) is 2. The number of carboxylic acid groups (broad SMARTS) is 1. The molecular weight excluding hydrogens is 669 g/mol. The van der Waals surface area contributed by atoms with Crippen LogP contribution in [0.4, 0.5) is 4.39 Å². The molecule has 2 aliphatic heterocycles. The Bertz CT molecular complexity index is 1350. The van der Waals surface area contributed by atoms with Crippen molar-refractivity contribution in [3.8, 4) is 0 Å². The molecule has 3 rings (SSSR count). The van der Waals surface area contributed by atoms with Crippen LogP contribution < -0.4 is 5.32 Å². The van der Waals surface area contributed by atoms with E-state index in [9.17, 15) is 29.1 Å². The quantitative estimate of drug-likeness (QED) is 0.183. The average Bonchev–Trinajstić information content (AvgIpc) is 3.80. The van der Waals surface area contributed by atoms with Crippen LogP contribution in [0.3, 0.4) is 0 Å². The molecule has 0 saturated carbocycles. The van der Waals surface area contributed by atoms with Crippen molar-refractivity contribution in [2.24, 2.45) is 29.6 Å². The maximum absolute atomic E-state index is 15.3. The molecule has 0 bridgehead atoms. The highest BCUT2D eigenvalue weighted by Gasteiger charge is 2.46. The topological polar surface area (TPSA) is 143 Å². The van der Waals surface area contributed by atoms with Gasteiger partial charge < -0.3 is 29.7 Å². The molecule has 9 atom stereocenters. The number of benzene rings is 1. The Morgan fingerprint density at radius 1 is 1.04 bits per heavy atom. The van der Waals surface area contributed by atoms with Crippen molar-refractivity contribution >= 4 is 29.4 Å². The van der Waals surface area contributed by atoms with Crippen molar-refractivity contribution in [2.45, 2.75) is 116 Å². The minimum atomic E-state index is -1.97. The third-order valence-electron chi connectivity index (χ3n) is 11.6. The van der Waals surface area contributed by atoms with E-state index in [-0.39, 0.29) is 68.1 Å². The molecule has 9 unspecified atom stereocenters. The standard InChI is InChI=1S/C40H62FN3O8/c1-9-26(4)36(43(6)38(48)30(25(2)3)22-34(46)40(41)17-18-42-24-40)33(51-7)23-35(47)44-19-13-16-31(44)37(52-8)27(5)32(45)21-29(39(49)50)20-28-14-11-10-12-15-28/h10-12,14-15,25-27,29-31,33,36-37,42H,9,13,16-24H2,1-8H3,(H,49,50). The number of nitrogens with zero attached hydrogens (tertiary/aromatic N) is 2. The summed E-state index contributed by atoms with van der Waals surface area (Å²) in [6, 6.07) is 8.30. The number of ether oxygens (including phenoxy) is 2. The Morgan fingerprint density at radius 2 is 1.71 bits per heavy atom. The number of Topliss-reactive ketones (excluding diaryl/α,β-unsaturated/α-hetero) is 2. The summed E-state index contributed by atoms with van der Waals surface area (Å²) >= 11 is 0. The predicted octanol–water partition coefficient (Wildman–Crippen LogP) is 4.74. The molecule has 2 N–H and O–H groups in total. The molecule has 2 saturated heterocycles. The zero-order valence-corrected chi connectivity index (χ0v) is 32.4. The van der Waals surface area contributed by atoms with E-state index in [1.165, 1.54) is 14.2 Å². The number of ketones is 2. The van der Waals surface area contributed by atoms with Crippen LogP contribution in [0.25, 0.3) is 0 Å². The molecule has 1 aromatic rings. The van der Waals surface area contributed by atoms with E-state index in [0.29, 0.717) is 32.4 Å². The summed E-state index contributed by atoms with van der Waals surface area (Å²) in [6.45, 7) is 10.3. The summed E-state index contributed by atoms with van der Waals surface area (Å²) in [7, 11) is 4.70. The minimum absolute atomic E-state index is 0.0267. The number of methoxy groups -OCH3 is 2. The number of carboxylic acids is 1. The maximum Gasteiger partial charge on any atom is 0.307 e. The van der Waals surface area contributed by atoms with Crippen molar-refractivity contribution in [2.75, 3.05) is 40.9 Å². The molecule has 0 aliphatic carbocycles. The number of carbonyl (C=O) groups is 5. The molecule has 1 aromatic carbocycles. The van der Waals surface area contributed by atoms with Gasteiger partial charge in [-0.25, -0.2) is 4.39 Å². The molecular formula is C40H62FN3O8. The van der Waals surface area contributed by atoms with Gasteiger partial charge in [0.1, 0.15) is 5.78 Å². The Kier molecular flexibility index (Phi) is 16.4. The summed E-state index contributed by atoms with van der Waals surface area (Å²) in [4.78, 5) is 70.3. The highest BCUT2D eigenvalue weighted by Crippen LogP contribution is 2.32. The summed E-state index contributed by atoms with van der Waals surface area (Å²) < 4.78 is 27.2. The second-order valence-corrected chi connectivity index (χ2v) is 15.4. The lowest BCUT2D eigenvalue weighted by atomic mass is 9.83. The number of amides is 2. The van der Waals surface area contributed by atoms with E-state index >= 15 is 4.39 Å². The fourth-order valence-corrected chi connectivity index (χ4v) is 8.07. The van der Waals surface area contributed by atoms with Crippen LogP contribution in [0.15, 0.2) is 30.3 Å². The molecule has 2 aliphatic rings. The zero-order valence-electron chi connectivity index (χ0n) is 32.4. The first-order valence-corrected chi connectivity index (χ1v) is 18.9. The lowest BCUT2D eigenvalue weighted by molar-refractivity contribution is -0.150. The van der Waals surface area contributed by atoms with Gasteiger partial charge in [0.25, 0.3) is 0 Å². The number of likely N-dealkylation sites (N-methyl/N-ethyl adjacent to an activating group) is 1. The second-order valence-electron chi connectivity index (χ2n) is 15.4. The predicted molar refractivity (Wildman–Crippen MR) is 196 cm³/mol. The zero-order chi connectivity index (χ0) is 38.7. The van der Waals surface area contributed by atoms with Gasteiger partial charge in [0.2, 0.25) is 11.8 Å². The van der Waals surface area contributed by atoms with Gasteiger partial charge in [-0.3, -0.25) is 24.0 Å². The Hall–Kier alpha value is -3.22. The Morgan fingerprint density at radius 3 is 2.25 bits per heavy atom. The lowest BCUT2D eigenvalue weighted by Gasteiger charge is -2.41. The second kappa shape index (κ2) is 19.7. The largest absolute Gasteiger partial charge is 0.481 e. The highest BCUT2D eigenvalue weighted by molar-refractivity contribution is 5.92. The fourth-order valence-electron chi connectivity index (χ4n) is 8.07. The summed E-state index contributed by atoms with van der Waals surface area (Å²) in [5.41, 5.74) is -1.14. The van der Waals surface area contributed by atoms with Gasteiger partial charge in [0.05, 0.1) is 36.6 Å². The summed E-state index contributed by atoms with van der Waals surface area (Å²) in [6.07, 6.45) is 0.652. The van der Waals surface area contributed by atoms with Gasteiger partial charge in [-0.15, -0.1) is 0 Å². The van der Waals surface area contributed by atoms with Gasteiger partial charge in [-0.2, -0.15) is 0 Å². The fraction of sp³-hybridized carbons (Fsp3) is 0.725. The van der Waals surface area contributed by atoms with Crippen LogP contribution >= 0.6 is 0 Å². The third kappa shape index (κ3) is 10.7. The van der Waals surface area contributed by atoms with Crippen LogP contribution in [-0.4, -0.2) is 115 Å². The first kappa shape index (κ1) is 43.2. The molecule has 2 heterocycles. The van der Waals surface area contributed by atoms with Crippen LogP contribution in [0, 0.1) is 29.6 Å². The smallest absolute Gasteiger partial charge is 0.307 e. The number of hydrogen-bond acceptors (Lipinski definition) is 8. The van der Waals surface area contributed by atoms with E-state index in [4.69, 9.17) is 9.47 Å². The number of rotatable bonds is 21. The highest BCUT2D eigenvalue weighted by atomic mass is 19.1. The van der Waals surface area contributed by atoms with E-state index in [2.05, 4.69) is 5.32 Å². The van der Waals surface area contributed by atoms with Gasteiger partial charge in [-0.05, 0) is 43.2 Å². The van der Waals surface area contributed by atoms with Crippen LogP contribution in [0.1, 0.15) is 85.1 Å². The van der Waals surface area contributed by atoms with Crippen molar-refractivity contribution in [1.29, 1.82) is 0 Å². The minimum Gasteiger partial charge on any atom is -0.481 e. The van der Waals surface area contributed by atoms with E-state index in [1.807, 2.05) is 58.0 Å². The number of likely N-dealkylation sites (tertiary alicyclic amines) is 1. The van der Waals surface area contributed by atoms with Crippen LogP contribution in [0.5, 0.6) is 0 Å². The molecule has 11 nitrogen and oxygen atoms in total. The van der Waals surface area contributed by atoms with Crippen LogP contribution in [0.2, 0.25) is 0 Å². The summed E-state index contributed by atoms with van der Waals surface area (Å²) in [5, 5.41) is 12.8. The SMILES string of the molecule is CCC(C)C(C(CC(=O)N1CCCC1C(OC)C(C)C(=O)CC(Cc1ccccc1)C(=O)O)OC)N(C)C(=O)C(CC(=O)C1(F)CCNC1)C(C)C. The monoisotopic (exact) mass is 731 g/mol. The van der Waals surface area contributed by atoms with Gasteiger partial charge in [0.15, 0.2) is 11.5 Å². The third-order valence-corrected chi connectivity index (χ3v) is 11.6. The molecule has 52 heavy (non-hydrogen) atoms. The van der Waals surface area contributed by atoms with Crippen LogP contribution in [-0.2, 0) is 39.9 Å². The molecule has 0 spiro atoms. The normalized spacial score (nSPS) is 23.0. The van der Waals surface area contributed by atoms with Crippen molar-refractivity contribution in [1.82, 2.24) is 15.1 Å². The first-order valence-electron chi connectivity index (χ1n) is 18.9. The maximum atomic E-state index is 15.3. The van der Waals surface area contributed by atoms with E-state index in [1.54, 1.807) is 23.8 Å². The molecule has 12 heteroatoms. The molecule has 2 fully saturated rings. The molecule has 2 amide bonds. The van der Waals surface area contributed by atoms with Gasteiger partial charge in [0, 0.05) is 65.5 Å². The van der Waals surface area contributed by atoms with Gasteiger partial charge >= 0.3 is 5.97 Å². The Labute approximate surface area is 309 Å². The molecule has 0 radical (unpaired) electrons. The summed E-state index contributed by atoms with van der Waals surface area (Å²) in [5.74, 6) is -4.88. The number of halogens is 1. The number of alkyl halides is 1. The van der Waals surface area contributed by atoms with E-state index < -0.39 is 59.5 Å². The molecule has 0 aromatic heterocycles. The van der Waals surface area contributed by atoms with Crippen molar-refractivity contribution in [3.63, 3.8) is 0 Å². The van der Waals surface area contributed by atoms with Gasteiger partial charge in [-0.1, -0.05) is 71.4 Å². The Balaban J connectivity index is 1.76. The number of nitrogens with one attached hydrogen (secondary N) is 1. The van der Waals surface area contributed by atoms with Crippen molar-refractivity contribution in [3.05, 3.63) is 35.9 Å². The number of carbonyl (C=O) groups excluding carboxylic acids is 4. The molecule has 292 valence electrons. The number of aliphatic carboxylic acids is 1.